The zero-order chi connectivity index (χ0) is 29.6. The first-order chi connectivity index (χ1) is 19.5. The van der Waals surface area contributed by atoms with Crippen LogP contribution in [0.4, 0.5) is 11.6 Å². The van der Waals surface area contributed by atoms with Crippen molar-refractivity contribution in [3.05, 3.63) is 80.7 Å². The standard InChI is InChI=1S/C30H31Cl2N7O2/c1-6-24(40)37-12-13-38(18(5)15-37)28-20-14-22(32)26(25-21(31)10-11-23(33)34-25)35-29(20)39(30(41)36-28)27-17(4)8-7-9-19(27)16(2)3/h6-11,14,16,18H,1,12-13,15H2,2-5H3,(H2,33,34)/t18-/m0/s1. The topological polar surface area (TPSA) is 110 Å². The van der Waals surface area contributed by atoms with Gasteiger partial charge >= 0.3 is 5.69 Å². The quantitative estimate of drug-likeness (QED) is 0.310. The van der Waals surface area contributed by atoms with Crippen molar-refractivity contribution in [1.29, 1.82) is 0 Å². The van der Waals surface area contributed by atoms with Gasteiger partial charge in [-0.25, -0.2) is 19.3 Å². The number of carbonyl (C=O) groups is 1. The average molecular weight is 593 g/mol. The van der Waals surface area contributed by atoms with Crippen LogP contribution >= 0.6 is 23.2 Å². The molecule has 41 heavy (non-hydrogen) atoms. The number of rotatable bonds is 5. The van der Waals surface area contributed by atoms with Gasteiger partial charge in [0.2, 0.25) is 5.91 Å². The number of carbonyl (C=O) groups excluding carboxylic acids is 1. The van der Waals surface area contributed by atoms with Crippen molar-refractivity contribution in [2.45, 2.75) is 39.7 Å². The maximum absolute atomic E-state index is 14.0. The van der Waals surface area contributed by atoms with Gasteiger partial charge in [0.05, 0.1) is 21.1 Å². The Labute approximate surface area is 248 Å². The number of benzene rings is 1. The minimum atomic E-state index is -0.479. The lowest BCUT2D eigenvalue weighted by Crippen LogP contribution is -2.54. The third-order valence-electron chi connectivity index (χ3n) is 7.39. The van der Waals surface area contributed by atoms with Crippen molar-refractivity contribution in [3.8, 4) is 17.1 Å². The number of nitrogen functional groups attached to an aromatic ring is 1. The summed E-state index contributed by atoms with van der Waals surface area (Å²) in [5.41, 5.74) is 9.08. The normalized spacial score (nSPS) is 15.5. The highest BCUT2D eigenvalue weighted by Crippen LogP contribution is 2.37. The van der Waals surface area contributed by atoms with E-state index in [0.717, 1.165) is 16.8 Å². The zero-order valence-corrected chi connectivity index (χ0v) is 24.9. The number of fused-ring (bicyclic) bond motifs is 1. The van der Waals surface area contributed by atoms with E-state index in [0.29, 0.717) is 52.9 Å². The van der Waals surface area contributed by atoms with Crippen LogP contribution in [0.15, 0.2) is 53.8 Å². The Morgan fingerprint density at radius 2 is 1.83 bits per heavy atom. The SMILES string of the molecule is C=CC(=O)N1CCN(c2nc(=O)n(-c3c(C)cccc3C(C)C)c3nc(-c4nc(N)ccc4Cl)c(Cl)cc23)[C@@H](C)C1. The molecule has 0 spiro atoms. The molecule has 1 saturated heterocycles. The monoisotopic (exact) mass is 591 g/mol. The summed E-state index contributed by atoms with van der Waals surface area (Å²) >= 11 is 13.4. The molecule has 9 nitrogen and oxygen atoms in total. The number of hydrogen-bond acceptors (Lipinski definition) is 7. The second kappa shape index (κ2) is 11.1. The number of piperazine rings is 1. The molecular weight excluding hydrogens is 561 g/mol. The average Bonchev–Trinajstić information content (AvgIpc) is 2.94. The van der Waals surface area contributed by atoms with E-state index in [4.69, 9.17) is 33.9 Å². The molecule has 212 valence electrons. The van der Waals surface area contributed by atoms with Gasteiger partial charge in [0.1, 0.15) is 23.0 Å². The number of halogens is 2. The Kier molecular flexibility index (Phi) is 7.76. The molecule has 1 fully saturated rings. The lowest BCUT2D eigenvalue weighted by molar-refractivity contribution is -0.126. The van der Waals surface area contributed by atoms with Crippen molar-refractivity contribution < 1.29 is 4.79 Å². The summed E-state index contributed by atoms with van der Waals surface area (Å²) in [5.74, 6) is 0.703. The van der Waals surface area contributed by atoms with E-state index in [1.807, 2.05) is 36.9 Å². The molecule has 0 saturated carbocycles. The highest BCUT2D eigenvalue weighted by molar-refractivity contribution is 6.36. The fraction of sp³-hybridized carbons (Fsp3) is 0.300. The van der Waals surface area contributed by atoms with E-state index in [1.54, 1.807) is 27.7 Å². The number of pyridine rings is 2. The summed E-state index contributed by atoms with van der Waals surface area (Å²) in [4.78, 5) is 44.0. The number of para-hydroxylation sites is 1. The highest BCUT2D eigenvalue weighted by atomic mass is 35.5. The Balaban J connectivity index is 1.82. The summed E-state index contributed by atoms with van der Waals surface area (Å²) in [5, 5.41) is 1.20. The highest BCUT2D eigenvalue weighted by Gasteiger charge is 2.30. The predicted molar refractivity (Wildman–Crippen MR) is 165 cm³/mol. The molecule has 11 heteroatoms. The number of nitrogens with two attached hydrogens (primary N) is 1. The number of hydrogen-bond donors (Lipinski definition) is 1. The van der Waals surface area contributed by atoms with E-state index >= 15 is 0 Å². The Morgan fingerprint density at radius 1 is 1.10 bits per heavy atom. The molecule has 4 heterocycles. The molecule has 0 bridgehead atoms. The molecule has 0 unspecified atom stereocenters. The van der Waals surface area contributed by atoms with Gasteiger partial charge in [-0.05, 0) is 55.2 Å². The summed E-state index contributed by atoms with van der Waals surface area (Å²) < 4.78 is 1.55. The number of amides is 1. The van der Waals surface area contributed by atoms with Gasteiger partial charge < -0.3 is 15.5 Å². The second-order valence-electron chi connectivity index (χ2n) is 10.5. The molecule has 2 N–H and O–H groups in total. The lowest BCUT2D eigenvalue weighted by atomic mass is 9.98. The maximum atomic E-state index is 14.0. The predicted octanol–water partition coefficient (Wildman–Crippen LogP) is 5.39. The van der Waals surface area contributed by atoms with Crippen LogP contribution in [0.5, 0.6) is 0 Å². The van der Waals surface area contributed by atoms with E-state index in [9.17, 15) is 9.59 Å². The summed E-state index contributed by atoms with van der Waals surface area (Å²) in [6, 6.07) is 10.8. The van der Waals surface area contributed by atoms with Crippen molar-refractivity contribution in [1.82, 2.24) is 24.4 Å². The van der Waals surface area contributed by atoms with Crippen LogP contribution in [0.2, 0.25) is 10.0 Å². The zero-order valence-electron chi connectivity index (χ0n) is 23.4. The molecule has 3 aromatic heterocycles. The number of aromatic nitrogens is 4. The molecule has 1 atom stereocenters. The van der Waals surface area contributed by atoms with Crippen LogP contribution in [0.3, 0.4) is 0 Å². The first-order valence-corrected chi connectivity index (χ1v) is 14.1. The molecule has 1 amide bonds. The maximum Gasteiger partial charge on any atom is 0.355 e. The van der Waals surface area contributed by atoms with E-state index < -0.39 is 5.69 Å². The molecule has 5 rings (SSSR count). The molecule has 1 aromatic carbocycles. The van der Waals surface area contributed by atoms with Crippen LogP contribution < -0.4 is 16.3 Å². The molecule has 1 aliphatic rings. The van der Waals surface area contributed by atoms with Gasteiger partial charge in [-0.15, -0.1) is 0 Å². The molecule has 0 aliphatic carbocycles. The summed E-state index contributed by atoms with van der Waals surface area (Å²) in [6.45, 7) is 13.1. The summed E-state index contributed by atoms with van der Waals surface area (Å²) in [6.07, 6.45) is 1.31. The molecular formula is C30H31Cl2N7O2. The van der Waals surface area contributed by atoms with Crippen LogP contribution in [-0.4, -0.2) is 56.0 Å². The van der Waals surface area contributed by atoms with Gasteiger partial charge in [-0.2, -0.15) is 4.98 Å². The molecule has 1 aliphatic heterocycles. The minimum absolute atomic E-state index is 0.124. The third-order valence-corrected chi connectivity index (χ3v) is 7.99. The van der Waals surface area contributed by atoms with Gasteiger partial charge in [-0.3, -0.25) is 4.79 Å². The van der Waals surface area contributed by atoms with Crippen LogP contribution in [0.1, 0.15) is 37.8 Å². The van der Waals surface area contributed by atoms with Gasteiger partial charge in [0.15, 0.2) is 5.65 Å². The van der Waals surface area contributed by atoms with E-state index in [-0.39, 0.29) is 28.7 Å². The first-order valence-electron chi connectivity index (χ1n) is 13.3. The largest absolute Gasteiger partial charge is 0.384 e. The fourth-order valence-corrected chi connectivity index (χ4v) is 5.81. The molecule has 0 radical (unpaired) electrons. The number of anilines is 2. The Morgan fingerprint density at radius 3 is 2.51 bits per heavy atom. The third kappa shape index (κ3) is 5.15. The summed E-state index contributed by atoms with van der Waals surface area (Å²) in [7, 11) is 0. The first kappa shape index (κ1) is 28.6. The lowest BCUT2D eigenvalue weighted by Gasteiger charge is -2.40. The van der Waals surface area contributed by atoms with Gasteiger partial charge in [-0.1, -0.05) is 61.8 Å². The van der Waals surface area contributed by atoms with Crippen molar-refractivity contribution in [2.24, 2.45) is 0 Å². The van der Waals surface area contributed by atoms with Crippen LogP contribution in [-0.2, 0) is 4.79 Å². The van der Waals surface area contributed by atoms with Crippen LogP contribution in [0, 0.1) is 6.92 Å². The number of nitrogens with zero attached hydrogens (tertiary/aromatic N) is 6. The van der Waals surface area contributed by atoms with E-state index in [2.05, 4.69) is 30.4 Å². The minimum Gasteiger partial charge on any atom is -0.384 e. The Bertz CT molecular complexity index is 1750. The smallest absolute Gasteiger partial charge is 0.355 e. The van der Waals surface area contributed by atoms with Gasteiger partial charge in [0.25, 0.3) is 0 Å². The van der Waals surface area contributed by atoms with Crippen LogP contribution in [0.25, 0.3) is 28.1 Å². The fourth-order valence-electron chi connectivity index (χ4n) is 5.37. The van der Waals surface area contributed by atoms with Crippen molar-refractivity contribution in [2.75, 3.05) is 30.3 Å². The molecule has 4 aromatic rings. The van der Waals surface area contributed by atoms with E-state index in [1.165, 1.54) is 6.08 Å². The van der Waals surface area contributed by atoms with Gasteiger partial charge in [0, 0.05) is 25.7 Å². The Hall–Kier alpha value is -3.95. The van der Waals surface area contributed by atoms with Crippen molar-refractivity contribution >= 4 is 51.8 Å². The van der Waals surface area contributed by atoms with Crippen molar-refractivity contribution in [3.63, 3.8) is 0 Å². The number of aryl methyl sites for hydroxylation is 1. The second-order valence-corrected chi connectivity index (χ2v) is 11.3.